The van der Waals surface area contributed by atoms with Gasteiger partial charge in [0.05, 0.1) is 4.90 Å². The number of rotatable bonds is 8. The van der Waals surface area contributed by atoms with E-state index in [1.807, 2.05) is 0 Å². The summed E-state index contributed by atoms with van der Waals surface area (Å²) in [5.41, 5.74) is 1.24. The molecule has 0 saturated carbocycles. The van der Waals surface area contributed by atoms with Crippen LogP contribution in [-0.4, -0.2) is 46.8 Å². The Morgan fingerprint density at radius 1 is 1.07 bits per heavy atom. The van der Waals surface area contributed by atoms with Crippen molar-refractivity contribution in [3.05, 3.63) is 48.2 Å². The fourth-order valence-corrected chi connectivity index (χ4v) is 5.08. The second-order valence-corrected chi connectivity index (χ2v) is 9.03. The minimum Gasteiger partial charge on any atom is -0.406 e. The number of benzene rings is 1. The first-order valence-electron chi connectivity index (χ1n) is 8.96. The lowest BCUT2D eigenvalue weighted by Crippen LogP contribution is -2.30. The Hall–Kier alpha value is -2.31. The molecule has 12 heteroatoms. The number of hydrogen-bond donors (Lipinski definition) is 0. The highest BCUT2D eigenvalue weighted by Gasteiger charge is 2.31. The summed E-state index contributed by atoms with van der Waals surface area (Å²) in [6, 6.07) is 8.59. The van der Waals surface area contributed by atoms with Gasteiger partial charge >= 0.3 is 6.36 Å². The predicted molar refractivity (Wildman–Crippen MR) is 106 cm³/mol. The number of hydrogen-bond acceptors (Lipinski definition) is 6. The Labute approximate surface area is 175 Å². The third-order valence-corrected chi connectivity index (χ3v) is 7.26. The Morgan fingerprint density at radius 2 is 1.73 bits per heavy atom. The summed E-state index contributed by atoms with van der Waals surface area (Å²) in [4.78, 5) is 0.133. The van der Waals surface area contributed by atoms with Crippen molar-refractivity contribution in [2.24, 2.45) is 0 Å². The second kappa shape index (κ2) is 8.82. The van der Waals surface area contributed by atoms with Gasteiger partial charge in [0, 0.05) is 25.0 Å². The van der Waals surface area contributed by atoms with Crippen LogP contribution >= 0.6 is 11.8 Å². The van der Waals surface area contributed by atoms with Crippen molar-refractivity contribution in [3.63, 3.8) is 0 Å². The van der Waals surface area contributed by atoms with Crippen LogP contribution in [0.2, 0.25) is 0 Å². The van der Waals surface area contributed by atoms with E-state index in [1.54, 1.807) is 24.3 Å². The first-order chi connectivity index (χ1) is 14.1. The fraction of sp³-hybridized carbons (Fsp3) is 0.333. The van der Waals surface area contributed by atoms with Crippen molar-refractivity contribution in [2.75, 3.05) is 13.1 Å². The van der Waals surface area contributed by atoms with Gasteiger partial charge in [-0.3, -0.25) is 4.40 Å². The molecule has 162 valence electrons. The summed E-state index contributed by atoms with van der Waals surface area (Å²) in [7, 11) is -3.63. The normalized spacial score (nSPS) is 12.6. The molecule has 0 fully saturated rings. The van der Waals surface area contributed by atoms with E-state index in [1.165, 1.54) is 52.6 Å². The maximum atomic E-state index is 12.8. The number of alkyl halides is 3. The molecule has 0 unspecified atom stereocenters. The topological polar surface area (TPSA) is 76.8 Å². The smallest absolute Gasteiger partial charge is 0.406 e. The average molecular weight is 461 g/mol. The molecular formula is C18H19F3N4O3S2. The predicted octanol–water partition coefficient (Wildman–Crippen LogP) is 3.95. The number of thioether (sulfide) groups is 1. The Bertz CT molecular complexity index is 1110. The van der Waals surface area contributed by atoms with Crippen molar-refractivity contribution in [1.82, 2.24) is 18.9 Å². The van der Waals surface area contributed by atoms with Gasteiger partial charge in [-0.15, -0.1) is 23.4 Å². The number of sulfonamides is 1. The van der Waals surface area contributed by atoms with Gasteiger partial charge in [-0.25, -0.2) is 8.42 Å². The van der Waals surface area contributed by atoms with E-state index in [0.717, 1.165) is 5.56 Å². The average Bonchev–Trinajstić information content (AvgIpc) is 3.09. The number of fused-ring (bicyclic) bond motifs is 1. The minimum absolute atomic E-state index is 0.133. The molecule has 0 atom stereocenters. The van der Waals surface area contributed by atoms with Crippen LogP contribution in [-0.2, 0) is 15.8 Å². The lowest BCUT2D eigenvalue weighted by Gasteiger charge is -2.18. The first-order valence-corrected chi connectivity index (χ1v) is 11.4. The molecule has 7 nitrogen and oxygen atoms in total. The molecule has 0 aliphatic rings. The molecule has 0 aliphatic carbocycles. The third-order valence-electron chi connectivity index (χ3n) is 4.21. The molecule has 0 spiro atoms. The molecule has 0 saturated heterocycles. The van der Waals surface area contributed by atoms with Gasteiger partial charge in [-0.1, -0.05) is 37.7 Å². The van der Waals surface area contributed by atoms with Crippen LogP contribution in [0.15, 0.2) is 52.6 Å². The summed E-state index contributed by atoms with van der Waals surface area (Å²) in [5, 5.41) is 8.58. The van der Waals surface area contributed by atoms with Crippen LogP contribution in [0.3, 0.4) is 0 Å². The Morgan fingerprint density at radius 3 is 2.33 bits per heavy atom. The molecule has 1 aromatic carbocycles. The molecule has 0 amide bonds. The van der Waals surface area contributed by atoms with E-state index in [9.17, 15) is 21.6 Å². The summed E-state index contributed by atoms with van der Waals surface area (Å²) >= 11 is 1.29. The molecule has 0 N–H and O–H groups in total. The Balaban J connectivity index is 1.79. The zero-order valence-electron chi connectivity index (χ0n) is 16.1. The van der Waals surface area contributed by atoms with E-state index in [-0.39, 0.29) is 10.6 Å². The summed E-state index contributed by atoms with van der Waals surface area (Å²) < 4.78 is 69.0. The highest BCUT2D eigenvalue weighted by molar-refractivity contribution is 7.98. The van der Waals surface area contributed by atoms with E-state index in [4.69, 9.17) is 0 Å². The lowest BCUT2D eigenvalue weighted by molar-refractivity contribution is -0.274. The molecule has 0 radical (unpaired) electrons. The zero-order valence-corrected chi connectivity index (χ0v) is 17.8. The fourth-order valence-electron chi connectivity index (χ4n) is 2.75. The van der Waals surface area contributed by atoms with E-state index in [2.05, 4.69) is 14.9 Å². The van der Waals surface area contributed by atoms with Crippen molar-refractivity contribution < 1.29 is 26.3 Å². The highest BCUT2D eigenvalue weighted by atomic mass is 32.2. The summed E-state index contributed by atoms with van der Waals surface area (Å²) in [6.45, 7) is 4.25. The van der Waals surface area contributed by atoms with Crippen LogP contribution < -0.4 is 4.74 Å². The van der Waals surface area contributed by atoms with Gasteiger partial charge in [0.2, 0.25) is 10.0 Å². The van der Waals surface area contributed by atoms with Gasteiger partial charge in [0.25, 0.3) is 0 Å². The number of aromatic nitrogens is 3. The van der Waals surface area contributed by atoms with E-state index in [0.29, 0.717) is 29.6 Å². The number of ether oxygens (including phenoxy) is 1. The molecule has 2 heterocycles. The molecule has 0 aliphatic heterocycles. The van der Waals surface area contributed by atoms with Crippen LogP contribution in [0.5, 0.6) is 5.75 Å². The SMILES string of the molecule is CCN(CC)S(=O)(=O)c1ccc2nnc(SCc3ccc(OC(F)(F)F)cc3)n2c1. The van der Waals surface area contributed by atoms with Crippen LogP contribution in [0.1, 0.15) is 19.4 Å². The molecule has 30 heavy (non-hydrogen) atoms. The van der Waals surface area contributed by atoms with Crippen LogP contribution in [0.25, 0.3) is 5.65 Å². The van der Waals surface area contributed by atoms with Gasteiger partial charge in [-0.05, 0) is 29.8 Å². The standard InChI is InChI=1S/C18H19F3N4O3S2/c1-3-24(4-2)30(26,27)15-9-10-16-22-23-17(25(16)11-15)29-12-13-5-7-14(8-6-13)28-18(19,20)21/h5-11H,3-4,12H2,1-2H3. The van der Waals surface area contributed by atoms with Crippen molar-refractivity contribution in [3.8, 4) is 5.75 Å². The van der Waals surface area contributed by atoms with Crippen LogP contribution in [0, 0.1) is 0 Å². The largest absolute Gasteiger partial charge is 0.573 e. The summed E-state index contributed by atoms with van der Waals surface area (Å²) in [5.74, 6) is 0.107. The number of nitrogens with zero attached hydrogens (tertiary/aromatic N) is 4. The molecule has 0 bridgehead atoms. The molecule has 2 aromatic heterocycles. The molecule has 3 rings (SSSR count). The molecule has 3 aromatic rings. The Kier molecular flexibility index (Phi) is 6.58. The van der Waals surface area contributed by atoms with E-state index >= 15 is 0 Å². The number of halogens is 3. The minimum atomic E-state index is -4.74. The summed E-state index contributed by atoms with van der Waals surface area (Å²) in [6.07, 6.45) is -3.26. The van der Waals surface area contributed by atoms with Crippen LogP contribution in [0.4, 0.5) is 13.2 Å². The van der Waals surface area contributed by atoms with Crippen molar-refractivity contribution >= 4 is 27.4 Å². The quantitative estimate of drug-likeness (QED) is 0.474. The van der Waals surface area contributed by atoms with Gasteiger partial charge in [0.15, 0.2) is 10.8 Å². The third kappa shape index (κ3) is 5.05. The van der Waals surface area contributed by atoms with Crippen molar-refractivity contribution in [2.45, 2.75) is 36.0 Å². The molecular weight excluding hydrogens is 441 g/mol. The van der Waals surface area contributed by atoms with Gasteiger partial charge < -0.3 is 4.74 Å². The first kappa shape index (κ1) is 22.4. The maximum Gasteiger partial charge on any atom is 0.573 e. The maximum absolute atomic E-state index is 12.8. The van der Waals surface area contributed by atoms with E-state index < -0.39 is 16.4 Å². The number of pyridine rings is 1. The lowest BCUT2D eigenvalue weighted by atomic mass is 10.2. The zero-order chi connectivity index (χ0) is 21.9. The highest BCUT2D eigenvalue weighted by Crippen LogP contribution is 2.27. The second-order valence-electron chi connectivity index (χ2n) is 6.15. The van der Waals surface area contributed by atoms with Gasteiger partial charge in [0.1, 0.15) is 5.75 Å². The van der Waals surface area contributed by atoms with Crippen molar-refractivity contribution in [1.29, 1.82) is 0 Å². The monoisotopic (exact) mass is 460 g/mol. The van der Waals surface area contributed by atoms with Gasteiger partial charge in [-0.2, -0.15) is 4.31 Å².